The van der Waals surface area contributed by atoms with Crippen LogP contribution in [0.15, 0.2) is 12.1 Å². The molecule has 0 saturated heterocycles. The van der Waals surface area contributed by atoms with E-state index in [4.69, 9.17) is 14.2 Å². The molecule has 6 nitrogen and oxygen atoms in total. The van der Waals surface area contributed by atoms with Crippen molar-refractivity contribution in [3.8, 4) is 17.2 Å². The Morgan fingerprint density at radius 3 is 2.14 bits per heavy atom. The van der Waals surface area contributed by atoms with Crippen molar-refractivity contribution < 1.29 is 29.2 Å². The van der Waals surface area contributed by atoms with Gasteiger partial charge in [-0.15, -0.1) is 0 Å². The van der Waals surface area contributed by atoms with Gasteiger partial charge in [-0.05, 0) is 42.9 Å². The molecule has 6 heteroatoms. The second-order valence-corrected chi connectivity index (χ2v) is 9.83. The Balaban J connectivity index is 2.06. The molecule has 0 aliphatic carbocycles. The van der Waals surface area contributed by atoms with Crippen LogP contribution in [0.4, 0.5) is 0 Å². The van der Waals surface area contributed by atoms with E-state index in [1.165, 1.54) is 72.0 Å². The van der Waals surface area contributed by atoms with Gasteiger partial charge in [0.15, 0.2) is 11.5 Å². The van der Waals surface area contributed by atoms with Crippen LogP contribution >= 0.6 is 0 Å². The maximum absolute atomic E-state index is 12.0. The van der Waals surface area contributed by atoms with Crippen LogP contribution in [-0.4, -0.2) is 43.1 Å². The Labute approximate surface area is 213 Å². The molecule has 1 aromatic rings. The minimum atomic E-state index is -0.631. The first-order chi connectivity index (χ1) is 16.9. The van der Waals surface area contributed by atoms with Crippen molar-refractivity contribution in [3.63, 3.8) is 0 Å². The minimum absolute atomic E-state index is 0.0225. The predicted octanol–water partition coefficient (Wildman–Crippen LogP) is 6.97. The molecule has 0 aliphatic heterocycles. The zero-order chi connectivity index (χ0) is 25.9. The van der Waals surface area contributed by atoms with Crippen molar-refractivity contribution in [2.45, 2.75) is 116 Å². The number of aromatic hydroxyl groups is 1. The number of rotatable bonds is 21. The summed E-state index contributed by atoms with van der Waals surface area (Å²) in [5, 5.41) is 20.2. The minimum Gasteiger partial charge on any atom is -0.504 e. The summed E-state index contributed by atoms with van der Waals surface area (Å²) in [6.07, 6.45) is 15.2. The zero-order valence-electron chi connectivity index (χ0n) is 22.7. The van der Waals surface area contributed by atoms with Crippen molar-refractivity contribution in [2.24, 2.45) is 5.92 Å². The maximum Gasteiger partial charge on any atom is 0.308 e. The highest BCUT2D eigenvalue weighted by Gasteiger charge is 2.13. The third kappa shape index (κ3) is 14.3. The number of aryl methyl sites for hydroxylation is 1. The van der Waals surface area contributed by atoms with Gasteiger partial charge >= 0.3 is 5.97 Å². The van der Waals surface area contributed by atoms with E-state index >= 15 is 0 Å². The summed E-state index contributed by atoms with van der Waals surface area (Å²) >= 11 is 0. The zero-order valence-corrected chi connectivity index (χ0v) is 22.7. The average molecular weight is 495 g/mol. The highest BCUT2D eigenvalue weighted by atomic mass is 16.5. The van der Waals surface area contributed by atoms with Crippen LogP contribution in [0.25, 0.3) is 0 Å². The summed E-state index contributed by atoms with van der Waals surface area (Å²) in [5.41, 5.74) is 0.873. The van der Waals surface area contributed by atoms with E-state index in [-0.39, 0.29) is 24.7 Å². The largest absolute Gasteiger partial charge is 0.504 e. The van der Waals surface area contributed by atoms with E-state index in [0.29, 0.717) is 30.8 Å². The van der Waals surface area contributed by atoms with Crippen LogP contribution in [-0.2, 0) is 16.0 Å². The standard InChI is InChI=1S/C29H50O6/c1-5-6-7-11-15-23(2)16-12-9-8-10-13-18-25(30)22-28(32)35-19-14-17-24-20-26(31)29(34-4)27(21-24)33-3/h20-21,23,25,30-31H,5-19,22H2,1-4H3. The van der Waals surface area contributed by atoms with E-state index in [0.717, 1.165) is 24.3 Å². The molecular weight excluding hydrogens is 444 g/mol. The van der Waals surface area contributed by atoms with Crippen LogP contribution in [0.3, 0.4) is 0 Å². The summed E-state index contributed by atoms with van der Waals surface area (Å²) < 4.78 is 15.6. The number of aliphatic hydroxyl groups excluding tert-OH is 1. The van der Waals surface area contributed by atoms with Gasteiger partial charge in [0.25, 0.3) is 0 Å². The average Bonchev–Trinajstić information content (AvgIpc) is 2.83. The number of hydrogen-bond donors (Lipinski definition) is 2. The third-order valence-electron chi connectivity index (χ3n) is 6.58. The van der Waals surface area contributed by atoms with Gasteiger partial charge in [-0.2, -0.15) is 0 Å². The number of unbranched alkanes of at least 4 members (excludes halogenated alkanes) is 7. The third-order valence-corrected chi connectivity index (χ3v) is 6.58. The first kappa shape index (κ1) is 31.1. The smallest absolute Gasteiger partial charge is 0.308 e. The molecule has 202 valence electrons. The number of methoxy groups -OCH3 is 2. The molecule has 1 aromatic carbocycles. The van der Waals surface area contributed by atoms with E-state index < -0.39 is 6.10 Å². The fourth-order valence-corrected chi connectivity index (χ4v) is 4.43. The molecule has 2 atom stereocenters. The molecule has 0 aliphatic rings. The summed E-state index contributed by atoms with van der Waals surface area (Å²) in [7, 11) is 3.00. The Hall–Kier alpha value is -1.95. The van der Waals surface area contributed by atoms with Crippen LogP contribution < -0.4 is 9.47 Å². The van der Waals surface area contributed by atoms with Crippen molar-refractivity contribution in [3.05, 3.63) is 17.7 Å². The lowest BCUT2D eigenvalue weighted by Gasteiger charge is -2.12. The summed E-state index contributed by atoms with van der Waals surface area (Å²) in [6, 6.07) is 3.43. The molecule has 0 radical (unpaired) electrons. The highest BCUT2D eigenvalue weighted by molar-refractivity contribution is 5.69. The molecule has 0 heterocycles. The van der Waals surface area contributed by atoms with Gasteiger partial charge in [-0.3, -0.25) is 4.79 Å². The second-order valence-electron chi connectivity index (χ2n) is 9.83. The molecule has 2 unspecified atom stereocenters. The summed E-state index contributed by atoms with van der Waals surface area (Å²) in [5.74, 6) is 1.27. The van der Waals surface area contributed by atoms with Crippen LogP contribution in [0.2, 0.25) is 0 Å². The number of carbonyl (C=O) groups excluding carboxylic acids is 1. The fourth-order valence-electron chi connectivity index (χ4n) is 4.43. The van der Waals surface area contributed by atoms with Gasteiger partial charge in [0.2, 0.25) is 5.75 Å². The van der Waals surface area contributed by atoms with Crippen molar-refractivity contribution in [1.82, 2.24) is 0 Å². The molecule has 0 fully saturated rings. The van der Waals surface area contributed by atoms with Gasteiger partial charge in [-0.25, -0.2) is 0 Å². The molecule has 0 bridgehead atoms. The van der Waals surface area contributed by atoms with Crippen LogP contribution in [0, 0.1) is 5.92 Å². The molecule has 0 amide bonds. The number of aliphatic hydroxyl groups is 1. The number of phenolic OH excluding ortho intramolecular Hbond substituents is 1. The van der Waals surface area contributed by atoms with Gasteiger partial charge in [0, 0.05) is 0 Å². The van der Waals surface area contributed by atoms with Gasteiger partial charge in [0.05, 0.1) is 33.4 Å². The summed E-state index contributed by atoms with van der Waals surface area (Å²) in [6.45, 7) is 4.91. The van der Waals surface area contributed by atoms with E-state index in [9.17, 15) is 15.0 Å². The van der Waals surface area contributed by atoms with Crippen molar-refractivity contribution >= 4 is 5.97 Å². The summed E-state index contributed by atoms with van der Waals surface area (Å²) in [4.78, 5) is 12.0. The number of carbonyl (C=O) groups is 1. The normalized spacial score (nSPS) is 12.8. The fraction of sp³-hybridized carbons (Fsp3) is 0.759. The number of benzene rings is 1. The molecule has 0 saturated carbocycles. The first-order valence-electron chi connectivity index (χ1n) is 13.7. The van der Waals surface area contributed by atoms with Crippen molar-refractivity contribution in [1.29, 1.82) is 0 Å². The molecule has 0 spiro atoms. The number of hydrogen-bond acceptors (Lipinski definition) is 6. The van der Waals surface area contributed by atoms with E-state index in [1.807, 2.05) is 0 Å². The monoisotopic (exact) mass is 494 g/mol. The van der Waals surface area contributed by atoms with Gasteiger partial charge in [-0.1, -0.05) is 84.5 Å². The van der Waals surface area contributed by atoms with Gasteiger partial charge in [0.1, 0.15) is 0 Å². The first-order valence-corrected chi connectivity index (χ1v) is 13.7. The maximum atomic E-state index is 12.0. The Kier molecular flexibility index (Phi) is 17.1. The van der Waals surface area contributed by atoms with Crippen LogP contribution in [0.1, 0.15) is 109 Å². The molecule has 1 rings (SSSR count). The number of ether oxygens (including phenoxy) is 3. The molecule has 0 aromatic heterocycles. The molecular formula is C29H50O6. The Bertz CT molecular complexity index is 690. The quantitative estimate of drug-likeness (QED) is 0.142. The SMILES string of the molecule is CCCCCCC(C)CCCCCCCC(O)CC(=O)OCCCc1cc(O)c(OC)c(OC)c1. The lowest BCUT2D eigenvalue weighted by Crippen LogP contribution is -2.16. The number of esters is 1. The Morgan fingerprint density at radius 2 is 1.51 bits per heavy atom. The van der Waals surface area contributed by atoms with E-state index in [2.05, 4.69) is 13.8 Å². The molecule has 2 N–H and O–H groups in total. The van der Waals surface area contributed by atoms with E-state index in [1.54, 1.807) is 12.1 Å². The highest BCUT2D eigenvalue weighted by Crippen LogP contribution is 2.37. The van der Waals surface area contributed by atoms with Gasteiger partial charge < -0.3 is 24.4 Å². The van der Waals surface area contributed by atoms with Crippen LogP contribution in [0.5, 0.6) is 17.2 Å². The Morgan fingerprint density at radius 1 is 0.886 bits per heavy atom. The topological polar surface area (TPSA) is 85.2 Å². The molecule has 35 heavy (non-hydrogen) atoms. The lowest BCUT2D eigenvalue weighted by atomic mass is 9.96. The van der Waals surface area contributed by atoms with Crippen molar-refractivity contribution in [2.75, 3.05) is 20.8 Å². The second kappa shape index (κ2) is 19.3. The lowest BCUT2D eigenvalue weighted by molar-refractivity contribution is -0.146. The number of phenols is 1. The predicted molar refractivity (Wildman–Crippen MR) is 141 cm³/mol.